The van der Waals surface area contributed by atoms with Gasteiger partial charge in [-0.3, -0.25) is 5.10 Å². The maximum Gasteiger partial charge on any atom is 0.153 e. The van der Waals surface area contributed by atoms with Gasteiger partial charge in [-0.15, -0.1) is 5.10 Å². The fraction of sp³-hybridized carbons (Fsp3) is 0.500. The van der Waals surface area contributed by atoms with Crippen molar-refractivity contribution in [1.82, 2.24) is 35.5 Å². The van der Waals surface area contributed by atoms with Gasteiger partial charge in [-0.1, -0.05) is 12.1 Å². The molecule has 0 bridgehead atoms. The van der Waals surface area contributed by atoms with Crippen molar-refractivity contribution in [2.45, 2.75) is 13.0 Å². The Balaban J connectivity index is 2.40. The molecule has 2 heterocycles. The average Bonchev–Trinajstić information content (AvgIpc) is 2.87. The van der Waals surface area contributed by atoms with Crippen molar-refractivity contribution in [3.63, 3.8) is 0 Å². The summed E-state index contributed by atoms with van der Waals surface area (Å²) in [6.45, 7) is 2.84. The smallest absolute Gasteiger partial charge is 0.153 e. The third kappa shape index (κ3) is 1.98. The van der Waals surface area contributed by atoms with Crippen molar-refractivity contribution in [2.75, 3.05) is 6.54 Å². The van der Waals surface area contributed by atoms with Crippen LogP contribution in [0.4, 0.5) is 0 Å². The van der Waals surface area contributed by atoms with Gasteiger partial charge >= 0.3 is 0 Å². The molecule has 2 aromatic heterocycles. The molecule has 0 aliphatic carbocycles. The summed E-state index contributed by atoms with van der Waals surface area (Å²) in [5, 5.41) is 17.9. The average molecular weight is 286 g/mol. The third-order valence-electron chi connectivity index (χ3n) is 2.22. The van der Waals surface area contributed by atoms with E-state index in [4.69, 9.17) is 0 Å². The minimum atomic E-state index is -0.0955. The number of nitrogens with zero attached hydrogens (tertiary/aromatic N) is 5. The number of aromatic amines is 1. The minimum Gasteiger partial charge on any atom is -0.303 e. The molecule has 7 nitrogen and oxygen atoms in total. The molecule has 0 fully saturated rings. The minimum absolute atomic E-state index is 0.0955. The Morgan fingerprint density at radius 1 is 1.62 bits per heavy atom. The lowest BCUT2D eigenvalue weighted by molar-refractivity contribution is 0.546. The number of aryl methyl sites for hydroxylation is 1. The first kappa shape index (κ1) is 11.2. The van der Waals surface area contributed by atoms with E-state index in [-0.39, 0.29) is 6.04 Å². The summed E-state index contributed by atoms with van der Waals surface area (Å²) in [7, 11) is 1.84. The highest BCUT2D eigenvalue weighted by molar-refractivity contribution is 9.10. The molecule has 2 rings (SSSR count). The molecule has 86 valence electrons. The summed E-state index contributed by atoms with van der Waals surface area (Å²) >= 11 is 3.38. The normalized spacial score (nSPS) is 12.9. The van der Waals surface area contributed by atoms with Gasteiger partial charge in [0.15, 0.2) is 4.60 Å². The number of hydrogen-bond acceptors (Lipinski definition) is 5. The van der Waals surface area contributed by atoms with Gasteiger partial charge in [-0.25, -0.2) is 9.67 Å². The Hall–Kier alpha value is -1.28. The van der Waals surface area contributed by atoms with Crippen LogP contribution in [0.15, 0.2) is 10.9 Å². The molecule has 1 atom stereocenters. The molecular formula is C8H12BrN7. The Morgan fingerprint density at radius 3 is 2.94 bits per heavy atom. The molecule has 2 aromatic rings. The van der Waals surface area contributed by atoms with Crippen LogP contribution in [0.2, 0.25) is 0 Å². The Kier molecular flexibility index (Phi) is 3.30. The summed E-state index contributed by atoms with van der Waals surface area (Å²) < 4.78 is 2.41. The molecule has 0 radical (unpaired) electrons. The van der Waals surface area contributed by atoms with Crippen LogP contribution in [-0.4, -0.2) is 36.7 Å². The fourth-order valence-electron chi connectivity index (χ4n) is 1.53. The van der Waals surface area contributed by atoms with E-state index in [1.807, 2.05) is 14.0 Å². The first-order valence-electron chi connectivity index (χ1n) is 4.87. The molecule has 0 saturated carbocycles. The molecular weight excluding hydrogens is 274 g/mol. The van der Waals surface area contributed by atoms with Gasteiger partial charge in [0.1, 0.15) is 18.2 Å². The Bertz CT molecular complexity index is 429. The molecule has 2 N–H and O–H groups in total. The van der Waals surface area contributed by atoms with Gasteiger partial charge < -0.3 is 5.32 Å². The maximum absolute atomic E-state index is 4.15. The summed E-state index contributed by atoms with van der Waals surface area (Å²) in [4.78, 5) is 4.15. The third-order valence-corrected chi connectivity index (χ3v) is 2.78. The quantitative estimate of drug-likeness (QED) is 0.849. The number of rotatable bonds is 4. The lowest BCUT2D eigenvalue weighted by Crippen LogP contribution is -2.25. The van der Waals surface area contributed by atoms with Crippen LogP contribution in [0, 0.1) is 0 Å². The van der Waals surface area contributed by atoms with Gasteiger partial charge in [0.25, 0.3) is 0 Å². The van der Waals surface area contributed by atoms with Crippen LogP contribution in [0.3, 0.4) is 0 Å². The van der Waals surface area contributed by atoms with E-state index >= 15 is 0 Å². The molecule has 0 spiro atoms. The highest BCUT2D eigenvalue weighted by Gasteiger charge is 2.23. The van der Waals surface area contributed by atoms with E-state index in [0.29, 0.717) is 4.60 Å². The van der Waals surface area contributed by atoms with E-state index in [1.165, 1.54) is 6.33 Å². The first-order valence-corrected chi connectivity index (χ1v) is 5.67. The Morgan fingerprint density at radius 2 is 2.44 bits per heavy atom. The van der Waals surface area contributed by atoms with E-state index in [2.05, 4.69) is 46.7 Å². The van der Waals surface area contributed by atoms with Gasteiger partial charge in [-0.2, -0.15) is 5.10 Å². The summed E-state index contributed by atoms with van der Waals surface area (Å²) in [6, 6.07) is -0.0955. The zero-order valence-corrected chi connectivity index (χ0v) is 10.6. The van der Waals surface area contributed by atoms with Crippen molar-refractivity contribution in [3.8, 4) is 0 Å². The highest BCUT2D eigenvalue weighted by atomic mass is 79.9. The molecule has 1 unspecified atom stereocenters. The molecule has 8 heteroatoms. The summed E-state index contributed by atoms with van der Waals surface area (Å²) in [5.74, 6) is 0.743. The number of aromatic nitrogens is 6. The van der Waals surface area contributed by atoms with E-state index in [1.54, 1.807) is 4.68 Å². The summed E-state index contributed by atoms with van der Waals surface area (Å²) in [6.07, 6.45) is 1.48. The molecule has 0 amide bonds. The van der Waals surface area contributed by atoms with Crippen LogP contribution in [-0.2, 0) is 7.05 Å². The standard InChI is InChI=1S/C8H12BrN7/c1-3-10-5(8-11-4-12-14-8)6-7(9)13-15-16(6)2/h4-5,10H,3H2,1-2H3,(H,11,12,14). The van der Waals surface area contributed by atoms with Crippen molar-refractivity contribution in [2.24, 2.45) is 7.05 Å². The van der Waals surface area contributed by atoms with Crippen molar-refractivity contribution >= 4 is 15.9 Å². The maximum atomic E-state index is 4.15. The fourth-order valence-corrected chi connectivity index (χ4v) is 2.08. The second kappa shape index (κ2) is 4.71. The lowest BCUT2D eigenvalue weighted by atomic mass is 10.2. The number of halogens is 1. The van der Waals surface area contributed by atoms with Gasteiger partial charge in [0.2, 0.25) is 0 Å². The second-order valence-electron chi connectivity index (χ2n) is 3.25. The van der Waals surface area contributed by atoms with Crippen molar-refractivity contribution in [1.29, 1.82) is 0 Å². The monoisotopic (exact) mass is 285 g/mol. The molecule has 0 aromatic carbocycles. The number of nitrogens with one attached hydrogen (secondary N) is 2. The van der Waals surface area contributed by atoms with E-state index in [9.17, 15) is 0 Å². The molecule has 0 saturated heterocycles. The van der Waals surface area contributed by atoms with Crippen LogP contribution >= 0.6 is 15.9 Å². The van der Waals surface area contributed by atoms with Crippen LogP contribution < -0.4 is 5.32 Å². The van der Waals surface area contributed by atoms with Crippen molar-refractivity contribution < 1.29 is 0 Å². The van der Waals surface area contributed by atoms with Gasteiger partial charge in [0, 0.05) is 7.05 Å². The van der Waals surface area contributed by atoms with E-state index < -0.39 is 0 Å². The van der Waals surface area contributed by atoms with E-state index in [0.717, 1.165) is 18.1 Å². The number of hydrogen-bond donors (Lipinski definition) is 2. The predicted octanol–water partition coefficient (Wildman–Crippen LogP) is 0.395. The molecule has 0 aliphatic heterocycles. The predicted molar refractivity (Wildman–Crippen MR) is 60.6 cm³/mol. The SMILES string of the molecule is CCNC(c1ncn[nH]1)c1c(Br)nnn1C. The topological polar surface area (TPSA) is 84.3 Å². The molecule has 16 heavy (non-hydrogen) atoms. The molecule has 0 aliphatic rings. The summed E-state index contributed by atoms with van der Waals surface area (Å²) in [5.41, 5.74) is 0.915. The van der Waals surface area contributed by atoms with Gasteiger partial charge in [-0.05, 0) is 22.5 Å². The first-order chi connectivity index (χ1) is 7.74. The number of H-pyrrole nitrogens is 1. The zero-order chi connectivity index (χ0) is 11.5. The van der Waals surface area contributed by atoms with Crippen LogP contribution in [0.25, 0.3) is 0 Å². The van der Waals surface area contributed by atoms with Crippen LogP contribution in [0.5, 0.6) is 0 Å². The largest absolute Gasteiger partial charge is 0.303 e. The van der Waals surface area contributed by atoms with Gasteiger partial charge in [0.05, 0.1) is 5.69 Å². The lowest BCUT2D eigenvalue weighted by Gasteiger charge is -2.15. The van der Waals surface area contributed by atoms with Crippen molar-refractivity contribution in [3.05, 3.63) is 22.4 Å². The zero-order valence-electron chi connectivity index (χ0n) is 8.98. The Labute approximate surface area is 101 Å². The highest BCUT2D eigenvalue weighted by Crippen LogP contribution is 2.23. The van der Waals surface area contributed by atoms with Crippen LogP contribution in [0.1, 0.15) is 24.5 Å². The second-order valence-corrected chi connectivity index (χ2v) is 4.00.